The zero-order chi connectivity index (χ0) is 15.0. The number of amides is 2. The van der Waals surface area contributed by atoms with Crippen molar-refractivity contribution in [2.24, 2.45) is 0 Å². The van der Waals surface area contributed by atoms with Crippen molar-refractivity contribution in [3.8, 4) is 0 Å². The third kappa shape index (κ3) is 2.20. The van der Waals surface area contributed by atoms with E-state index in [1.54, 1.807) is 0 Å². The maximum absolute atomic E-state index is 11.8. The molecule has 104 valence electrons. The molecule has 1 unspecified atom stereocenters. The molecule has 0 saturated carbocycles. The van der Waals surface area contributed by atoms with E-state index >= 15 is 0 Å². The Morgan fingerprint density at radius 2 is 1.75 bits per heavy atom. The summed E-state index contributed by atoms with van der Waals surface area (Å²) in [6.07, 6.45) is -0.851. The minimum atomic E-state index is -0.851. The Kier molecular flexibility index (Phi) is 3.40. The summed E-state index contributed by atoms with van der Waals surface area (Å²) >= 11 is 0. The minimum absolute atomic E-state index is 0.133. The van der Waals surface area contributed by atoms with Gasteiger partial charge >= 0.3 is 5.97 Å². The molecule has 2 amide bonds. The highest BCUT2D eigenvalue weighted by Gasteiger charge is 2.33. The molecule has 1 aliphatic heterocycles. The maximum Gasteiger partial charge on any atom is 0.338 e. The quantitative estimate of drug-likeness (QED) is 0.608. The highest BCUT2D eigenvalue weighted by molar-refractivity contribution is 6.21. The number of hydrogen-bond acceptors (Lipinski definition) is 5. The van der Waals surface area contributed by atoms with Gasteiger partial charge in [0.2, 0.25) is 0 Å². The average molecular weight is 275 g/mol. The normalized spacial score (nSPS) is 15.1. The van der Waals surface area contributed by atoms with Crippen molar-refractivity contribution in [2.75, 3.05) is 7.05 Å². The van der Waals surface area contributed by atoms with E-state index in [1.165, 1.54) is 39.1 Å². The summed E-state index contributed by atoms with van der Waals surface area (Å²) in [7, 11) is 1.38. The lowest BCUT2D eigenvalue weighted by Crippen LogP contribution is -2.24. The van der Waals surface area contributed by atoms with Crippen LogP contribution in [0.5, 0.6) is 0 Å². The van der Waals surface area contributed by atoms with Crippen LogP contribution in [-0.2, 0) is 9.53 Å². The molecule has 1 aliphatic rings. The van der Waals surface area contributed by atoms with Gasteiger partial charge in [0.1, 0.15) is 0 Å². The molecule has 0 saturated heterocycles. The van der Waals surface area contributed by atoms with E-state index in [9.17, 15) is 19.2 Å². The molecule has 2 rings (SSSR count). The van der Waals surface area contributed by atoms with Crippen molar-refractivity contribution >= 4 is 23.6 Å². The maximum atomic E-state index is 11.8. The van der Waals surface area contributed by atoms with Crippen molar-refractivity contribution in [3.63, 3.8) is 0 Å². The molecule has 6 nitrogen and oxygen atoms in total. The number of rotatable bonds is 3. The van der Waals surface area contributed by atoms with Crippen LogP contribution >= 0.6 is 0 Å². The first-order valence-corrected chi connectivity index (χ1v) is 6.00. The molecule has 6 heteroatoms. The summed E-state index contributed by atoms with van der Waals surface area (Å²) in [5, 5.41) is 0. The Balaban J connectivity index is 2.29. The van der Waals surface area contributed by atoms with Gasteiger partial charge in [0.05, 0.1) is 16.7 Å². The van der Waals surface area contributed by atoms with E-state index < -0.39 is 23.9 Å². The summed E-state index contributed by atoms with van der Waals surface area (Å²) in [5.74, 6) is -1.84. The third-order valence-corrected chi connectivity index (χ3v) is 3.18. The molecule has 0 radical (unpaired) electrons. The van der Waals surface area contributed by atoms with Gasteiger partial charge in [0.15, 0.2) is 11.9 Å². The van der Waals surface area contributed by atoms with Crippen LogP contribution in [0.4, 0.5) is 0 Å². The van der Waals surface area contributed by atoms with Crippen LogP contribution in [-0.4, -0.2) is 41.6 Å². The largest absolute Gasteiger partial charge is 0.451 e. The van der Waals surface area contributed by atoms with Gasteiger partial charge < -0.3 is 4.74 Å². The summed E-state index contributed by atoms with van der Waals surface area (Å²) < 4.78 is 4.95. The number of ether oxygens (including phenoxy) is 1. The molecule has 1 heterocycles. The summed E-state index contributed by atoms with van der Waals surface area (Å²) in [6, 6.07) is 4.13. The van der Waals surface area contributed by atoms with Crippen LogP contribution in [0.2, 0.25) is 0 Å². The van der Waals surface area contributed by atoms with E-state index in [0.29, 0.717) is 0 Å². The molecule has 1 aromatic rings. The summed E-state index contributed by atoms with van der Waals surface area (Å²) in [5.41, 5.74) is 0.560. The molecule has 0 aromatic heterocycles. The lowest BCUT2D eigenvalue weighted by Gasteiger charge is -2.10. The number of Topliss-reactive ketones (excluding diaryl/α,β-unsaturated/α-hetero) is 1. The van der Waals surface area contributed by atoms with E-state index in [0.717, 1.165) is 4.90 Å². The average Bonchev–Trinajstić information content (AvgIpc) is 2.63. The lowest BCUT2D eigenvalue weighted by molar-refractivity contribution is -0.124. The van der Waals surface area contributed by atoms with Crippen LogP contribution in [0.1, 0.15) is 44.9 Å². The van der Waals surface area contributed by atoms with E-state index in [-0.39, 0.29) is 22.5 Å². The SMILES string of the molecule is CC(=O)C(C)OC(=O)c1ccc2c(c1)C(=O)N(C)C2=O. The van der Waals surface area contributed by atoms with Gasteiger partial charge in [-0.15, -0.1) is 0 Å². The molecule has 20 heavy (non-hydrogen) atoms. The Morgan fingerprint density at radius 3 is 2.35 bits per heavy atom. The van der Waals surface area contributed by atoms with Gasteiger partial charge in [-0.25, -0.2) is 4.79 Å². The minimum Gasteiger partial charge on any atom is -0.451 e. The fourth-order valence-electron chi connectivity index (χ4n) is 1.80. The standard InChI is InChI=1S/C14H13NO5/c1-7(16)8(2)20-14(19)9-4-5-10-11(6-9)13(18)15(3)12(10)17/h4-6,8H,1-3H3. The number of ketones is 1. The van der Waals surface area contributed by atoms with E-state index in [2.05, 4.69) is 0 Å². The van der Waals surface area contributed by atoms with Crippen LogP contribution in [0.25, 0.3) is 0 Å². The van der Waals surface area contributed by atoms with Crippen molar-refractivity contribution in [1.29, 1.82) is 0 Å². The molecule has 0 fully saturated rings. The number of imide groups is 1. The number of hydrogen-bond donors (Lipinski definition) is 0. The van der Waals surface area contributed by atoms with Crippen molar-refractivity contribution in [2.45, 2.75) is 20.0 Å². The van der Waals surface area contributed by atoms with Crippen LogP contribution in [0.3, 0.4) is 0 Å². The fraction of sp³-hybridized carbons (Fsp3) is 0.286. The smallest absolute Gasteiger partial charge is 0.338 e. The Bertz CT molecular complexity index is 634. The highest BCUT2D eigenvalue weighted by atomic mass is 16.5. The monoisotopic (exact) mass is 275 g/mol. The number of carbonyl (C=O) groups is 4. The summed E-state index contributed by atoms with van der Waals surface area (Å²) in [4.78, 5) is 47.4. The second-order valence-corrected chi connectivity index (χ2v) is 4.59. The molecule has 0 bridgehead atoms. The molecule has 1 atom stereocenters. The third-order valence-electron chi connectivity index (χ3n) is 3.18. The van der Waals surface area contributed by atoms with Crippen molar-refractivity contribution in [1.82, 2.24) is 4.90 Å². The van der Waals surface area contributed by atoms with E-state index in [1.807, 2.05) is 0 Å². The first kappa shape index (κ1) is 13.9. The highest BCUT2D eigenvalue weighted by Crippen LogP contribution is 2.23. The van der Waals surface area contributed by atoms with Gasteiger partial charge in [-0.3, -0.25) is 19.3 Å². The van der Waals surface area contributed by atoms with Crippen molar-refractivity contribution < 1.29 is 23.9 Å². The molecular formula is C14H13NO5. The first-order valence-electron chi connectivity index (χ1n) is 6.00. The number of nitrogens with zero attached hydrogens (tertiary/aromatic N) is 1. The Morgan fingerprint density at radius 1 is 1.15 bits per heavy atom. The van der Waals surface area contributed by atoms with Gasteiger partial charge in [-0.2, -0.15) is 0 Å². The second-order valence-electron chi connectivity index (χ2n) is 4.59. The molecule has 0 aliphatic carbocycles. The summed E-state index contributed by atoms with van der Waals surface area (Å²) in [6.45, 7) is 2.79. The van der Waals surface area contributed by atoms with Crippen LogP contribution in [0, 0.1) is 0 Å². The lowest BCUT2D eigenvalue weighted by atomic mass is 10.1. The van der Waals surface area contributed by atoms with E-state index in [4.69, 9.17) is 4.74 Å². The van der Waals surface area contributed by atoms with Gasteiger partial charge in [-0.1, -0.05) is 0 Å². The molecule has 1 aromatic carbocycles. The number of fused-ring (bicyclic) bond motifs is 1. The Labute approximate surface area is 115 Å². The topological polar surface area (TPSA) is 80.8 Å². The fourth-order valence-corrected chi connectivity index (χ4v) is 1.80. The number of benzene rings is 1. The second kappa shape index (κ2) is 4.88. The zero-order valence-corrected chi connectivity index (χ0v) is 11.3. The van der Waals surface area contributed by atoms with Gasteiger partial charge in [0, 0.05) is 7.05 Å². The predicted octanol–water partition coefficient (Wildman–Crippen LogP) is 1.05. The number of carbonyl (C=O) groups excluding carboxylic acids is 4. The molecular weight excluding hydrogens is 262 g/mol. The van der Waals surface area contributed by atoms with Crippen LogP contribution in [0.15, 0.2) is 18.2 Å². The molecule has 0 N–H and O–H groups in total. The van der Waals surface area contributed by atoms with Crippen molar-refractivity contribution in [3.05, 3.63) is 34.9 Å². The Hall–Kier alpha value is -2.50. The van der Waals surface area contributed by atoms with Crippen LogP contribution < -0.4 is 0 Å². The zero-order valence-electron chi connectivity index (χ0n) is 11.3. The van der Waals surface area contributed by atoms with Gasteiger partial charge in [0.25, 0.3) is 11.8 Å². The predicted molar refractivity (Wildman–Crippen MR) is 68.4 cm³/mol. The number of esters is 1. The molecule has 0 spiro atoms. The van der Waals surface area contributed by atoms with Gasteiger partial charge in [-0.05, 0) is 32.0 Å². The first-order chi connectivity index (χ1) is 9.32.